The van der Waals surface area contributed by atoms with Crippen molar-refractivity contribution in [3.05, 3.63) is 35.9 Å². The first kappa shape index (κ1) is 16.3. The van der Waals surface area contributed by atoms with Gasteiger partial charge in [-0.1, -0.05) is 45.2 Å². The maximum absolute atomic E-state index is 11.9. The summed E-state index contributed by atoms with van der Waals surface area (Å²) in [5, 5.41) is 3.08. The Morgan fingerprint density at radius 1 is 1.30 bits per heavy atom. The topological polar surface area (TPSA) is 55.1 Å². The molecule has 1 aromatic carbocycles. The Bertz CT molecular complexity index is 440. The second-order valence-corrected chi connectivity index (χ2v) is 5.14. The largest absolute Gasteiger partial charge is 0.399 e. The lowest BCUT2D eigenvalue weighted by Crippen LogP contribution is -2.33. The van der Waals surface area contributed by atoms with Gasteiger partial charge in [0.25, 0.3) is 0 Å². The van der Waals surface area contributed by atoms with Gasteiger partial charge in [-0.2, -0.15) is 0 Å². The van der Waals surface area contributed by atoms with Crippen LogP contribution >= 0.6 is 0 Å². The van der Waals surface area contributed by atoms with Crippen LogP contribution in [0.5, 0.6) is 0 Å². The number of hydrogen-bond donors (Lipinski definition) is 2. The van der Waals surface area contributed by atoms with Gasteiger partial charge in [-0.05, 0) is 36.6 Å². The number of rotatable bonds is 8. The van der Waals surface area contributed by atoms with E-state index >= 15 is 0 Å². The fourth-order valence-electron chi connectivity index (χ4n) is 2.17. The third kappa shape index (κ3) is 6.41. The van der Waals surface area contributed by atoms with Gasteiger partial charge in [0.2, 0.25) is 5.91 Å². The Morgan fingerprint density at radius 2 is 2.10 bits per heavy atom. The van der Waals surface area contributed by atoms with Crippen LogP contribution in [-0.4, -0.2) is 11.9 Å². The van der Waals surface area contributed by atoms with E-state index in [-0.39, 0.29) is 11.9 Å². The van der Waals surface area contributed by atoms with Crippen LogP contribution in [0, 0.1) is 0 Å². The van der Waals surface area contributed by atoms with E-state index in [9.17, 15) is 4.79 Å². The molecule has 3 nitrogen and oxygen atoms in total. The van der Waals surface area contributed by atoms with Crippen LogP contribution in [0.15, 0.2) is 30.3 Å². The molecule has 1 amide bonds. The molecule has 0 saturated heterocycles. The first-order chi connectivity index (χ1) is 9.65. The van der Waals surface area contributed by atoms with Crippen LogP contribution in [-0.2, 0) is 4.79 Å². The molecule has 1 atom stereocenters. The van der Waals surface area contributed by atoms with E-state index < -0.39 is 0 Å². The lowest BCUT2D eigenvalue weighted by Gasteiger charge is -2.16. The minimum atomic E-state index is -0.0259. The van der Waals surface area contributed by atoms with Crippen molar-refractivity contribution in [1.82, 2.24) is 5.32 Å². The molecular weight excluding hydrogens is 248 g/mol. The van der Waals surface area contributed by atoms with Gasteiger partial charge >= 0.3 is 0 Å². The number of anilines is 1. The average Bonchev–Trinajstić information content (AvgIpc) is 2.43. The van der Waals surface area contributed by atoms with Crippen molar-refractivity contribution in [1.29, 1.82) is 0 Å². The molecule has 3 heteroatoms. The van der Waals surface area contributed by atoms with Gasteiger partial charge in [0, 0.05) is 17.8 Å². The molecule has 1 aromatic rings. The van der Waals surface area contributed by atoms with Crippen LogP contribution in [0.4, 0.5) is 5.69 Å². The Balaban J connectivity index is 2.51. The molecule has 1 rings (SSSR count). The predicted molar refractivity (Wildman–Crippen MR) is 86.3 cm³/mol. The van der Waals surface area contributed by atoms with Gasteiger partial charge in [0.05, 0.1) is 0 Å². The van der Waals surface area contributed by atoms with E-state index in [0.29, 0.717) is 5.69 Å². The van der Waals surface area contributed by atoms with Crippen molar-refractivity contribution in [2.24, 2.45) is 0 Å². The van der Waals surface area contributed by atoms with Gasteiger partial charge in [0.15, 0.2) is 0 Å². The Hall–Kier alpha value is -1.77. The number of carbonyl (C=O) groups excluding carboxylic acids is 1. The van der Waals surface area contributed by atoms with E-state index in [2.05, 4.69) is 19.2 Å². The molecular formula is C17H26N2O. The lowest BCUT2D eigenvalue weighted by atomic mass is 10.1. The number of carbonyl (C=O) groups is 1. The van der Waals surface area contributed by atoms with Crippen molar-refractivity contribution < 1.29 is 4.79 Å². The van der Waals surface area contributed by atoms with Crippen molar-refractivity contribution in [3.8, 4) is 0 Å². The summed E-state index contributed by atoms with van der Waals surface area (Å²) in [5.41, 5.74) is 7.36. The molecule has 0 aromatic heterocycles. The second kappa shape index (κ2) is 9.18. The van der Waals surface area contributed by atoms with Crippen molar-refractivity contribution in [3.63, 3.8) is 0 Å². The summed E-state index contributed by atoms with van der Waals surface area (Å²) in [4.78, 5) is 11.9. The molecule has 0 fully saturated rings. The van der Waals surface area contributed by atoms with Crippen LogP contribution in [0.25, 0.3) is 6.08 Å². The van der Waals surface area contributed by atoms with E-state index in [1.54, 1.807) is 12.2 Å². The third-order valence-electron chi connectivity index (χ3n) is 3.23. The highest BCUT2D eigenvalue weighted by atomic mass is 16.1. The van der Waals surface area contributed by atoms with Crippen molar-refractivity contribution >= 4 is 17.7 Å². The molecule has 0 heterocycles. The number of nitrogens with one attached hydrogen (secondary N) is 1. The summed E-state index contributed by atoms with van der Waals surface area (Å²) in [7, 11) is 0. The van der Waals surface area contributed by atoms with Gasteiger partial charge in [0.1, 0.15) is 0 Å². The first-order valence-electron chi connectivity index (χ1n) is 7.49. The zero-order valence-electron chi connectivity index (χ0n) is 12.6. The second-order valence-electron chi connectivity index (χ2n) is 5.14. The lowest BCUT2D eigenvalue weighted by molar-refractivity contribution is -0.117. The highest BCUT2D eigenvalue weighted by Crippen LogP contribution is 2.09. The summed E-state index contributed by atoms with van der Waals surface area (Å²) in [6, 6.07) is 7.79. The normalized spacial score (nSPS) is 12.5. The van der Waals surface area contributed by atoms with Gasteiger partial charge in [-0.15, -0.1) is 0 Å². The van der Waals surface area contributed by atoms with Crippen LogP contribution in [0.2, 0.25) is 0 Å². The molecule has 0 radical (unpaired) electrons. The smallest absolute Gasteiger partial charge is 0.244 e. The van der Waals surface area contributed by atoms with Gasteiger partial charge in [-0.25, -0.2) is 0 Å². The summed E-state index contributed by atoms with van der Waals surface area (Å²) < 4.78 is 0. The molecule has 0 aliphatic carbocycles. The van der Waals surface area contributed by atoms with E-state index in [4.69, 9.17) is 5.73 Å². The Kier molecular flexibility index (Phi) is 7.48. The highest BCUT2D eigenvalue weighted by molar-refractivity contribution is 5.92. The standard InChI is InChI=1S/C17H26N2O/c1-3-5-10-16(7-4-2)19-17(20)12-11-14-8-6-9-15(18)13-14/h6,8-9,11-13,16H,3-5,7,10,18H2,1-2H3,(H,19,20)/b12-11+. The Labute approximate surface area is 122 Å². The number of hydrogen-bond acceptors (Lipinski definition) is 2. The van der Waals surface area contributed by atoms with E-state index in [0.717, 1.165) is 37.7 Å². The van der Waals surface area contributed by atoms with Gasteiger partial charge in [-0.3, -0.25) is 4.79 Å². The van der Waals surface area contributed by atoms with E-state index in [1.165, 1.54) is 0 Å². The zero-order valence-corrected chi connectivity index (χ0v) is 12.6. The number of amides is 1. The maximum Gasteiger partial charge on any atom is 0.244 e. The molecule has 0 bridgehead atoms. The molecule has 0 aliphatic rings. The summed E-state index contributed by atoms with van der Waals surface area (Å²) >= 11 is 0. The number of benzene rings is 1. The van der Waals surface area contributed by atoms with Crippen LogP contribution in [0.1, 0.15) is 51.5 Å². The highest BCUT2D eigenvalue weighted by Gasteiger charge is 2.08. The summed E-state index contributed by atoms with van der Waals surface area (Å²) in [5.74, 6) is -0.0259. The number of nitrogens with two attached hydrogens (primary N) is 1. The number of nitrogen functional groups attached to an aromatic ring is 1. The van der Waals surface area contributed by atoms with Crippen LogP contribution in [0.3, 0.4) is 0 Å². The molecule has 20 heavy (non-hydrogen) atoms. The molecule has 1 unspecified atom stereocenters. The molecule has 0 spiro atoms. The third-order valence-corrected chi connectivity index (χ3v) is 3.23. The minimum Gasteiger partial charge on any atom is -0.399 e. The molecule has 0 saturated carbocycles. The van der Waals surface area contributed by atoms with Crippen LogP contribution < -0.4 is 11.1 Å². The molecule has 3 N–H and O–H groups in total. The minimum absolute atomic E-state index is 0.0259. The SMILES string of the molecule is CCCCC(CCC)NC(=O)/C=C/c1cccc(N)c1. The monoisotopic (exact) mass is 274 g/mol. The average molecular weight is 274 g/mol. The molecule has 110 valence electrons. The Morgan fingerprint density at radius 3 is 2.75 bits per heavy atom. The summed E-state index contributed by atoms with van der Waals surface area (Å²) in [6.07, 6.45) is 8.89. The fourth-order valence-corrected chi connectivity index (χ4v) is 2.17. The van der Waals surface area contributed by atoms with Crippen molar-refractivity contribution in [2.75, 3.05) is 5.73 Å². The number of unbranched alkanes of at least 4 members (excludes halogenated alkanes) is 1. The van der Waals surface area contributed by atoms with Gasteiger partial charge < -0.3 is 11.1 Å². The van der Waals surface area contributed by atoms with Crippen molar-refractivity contribution in [2.45, 2.75) is 52.0 Å². The molecule has 0 aliphatic heterocycles. The predicted octanol–water partition coefficient (Wildman–Crippen LogP) is 3.76. The first-order valence-corrected chi connectivity index (χ1v) is 7.49. The quantitative estimate of drug-likeness (QED) is 0.560. The van der Waals surface area contributed by atoms with E-state index in [1.807, 2.05) is 24.3 Å². The summed E-state index contributed by atoms with van der Waals surface area (Å²) in [6.45, 7) is 4.32. The fraction of sp³-hybridized carbons (Fsp3) is 0.471. The zero-order chi connectivity index (χ0) is 14.8. The maximum atomic E-state index is 11.9.